The average Bonchev–Trinajstić information content (AvgIpc) is 2.79. The van der Waals surface area contributed by atoms with Crippen molar-refractivity contribution in [2.75, 3.05) is 25.0 Å². The Morgan fingerprint density at radius 3 is 2.58 bits per heavy atom. The molecule has 4 rings (SSSR count). The third-order valence-electron chi connectivity index (χ3n) is 5.11. The highest BCUT2D eigenvalue weighted by Gasteiger charge is 2.22. The van der Waals surface area contributed by atoms with Gasteiger partial charge in [0.25, 0.3) is 0 Å². The molecule has 1 fully saturated rings. The zero-order chi connectivity index (χ0) is 16.4. The van der Waals surface area contributed by atoms with Crippen LogP contribution in [0, 0.1) is 0 Å². The maximum Gasteiger partial charge on any atom is 0.133 e. The van der Waals surface area contributed by atoms with Crippen LogP contribution in [0.1, 0.15) is 43.4 Å². The highest BCUT2D eigenvalue weighted by molar-refractivity contribution is 9.10. The van der Waals surface area contributed by atoms with Gasteiger partial charge >= 0.3 is 0 Å². The molecule has 4 nitrogen and oxygen atoms in total. The Balaban J connectivity index is 1.69. The molecular weight excluding hydrogens is 364 g/mol. The first-order chi connectivity index (χ1) is 11.8. The number of anilines is 1. The molecule has 1 N–H and O–H groups in total. The molecule has 1 saturated heterocycles. The summed E-state index contributed by atoms with van der Waals surface area (Å²) in [5.41, 5.74) is 3.83. The lowest BCUT2D eigenvalue weighted by Crippen LogP contribution is -2.29. The minimum atomic E-state index is 0.994. The number of nitrogens with one attached hydrogen (secondary N) is 1. The first-order valence-electron chi connectivity index (χ1n) is 9.14. The van der Waals surface area contributed by atoms with E-state index in [-0.39, 0.29) is 0 Å². The Labute approximate surface area is 152 Å². The van der Waals surface area contributed by atoms with Gasteiger partial charge in [0.1, 0.15) is 5.82 Å². The number of piperidine rings is 1. The summed E-state index contributed by atoms with van der Waals surface area (Å²) >= 11 is 3.52. The lowest BCUT2D eigenvalue weighted by Gasteiger charge is -2.25. The molecule has 0 bridgehead atoms. The number of rotatable bonds is 3. The zero-order valence-corrected chi connectivity index (χ0v) is 15.7. The van der Waals surface area contributed by atoms with Crippen LogP contribution in [0.2, 0.25) is 0 Å². The standard InChI is InChI=1S/C19H25BrN4/c20-15-7-9-16(10-8-15)24-19-17(6-2-3-11-21-19)18(22-24)14-23-12-4-1-5-13-23/h7-10,21H,1-6,11-14H2. The molecule has 2 aliphatic rings. The Hall–Kier alpha value is -1.33. The molecule has 0 aliphatic carbocycles. The van der Waals surface area contributed by atoms with E-state index >= 15 is 0 Å². The lowest BCUT2D eigenvalue weighted by molar-refractivity contribution is 0.217. The first kappa shape index (κ1) is 16.2. The lowest BCUT2D eigenvalue weighted by atomic mass is 10.1. The molecule has 0 radical (unpaired) electrons. The number of halogens is 1. The zero-order valence-electron chi connectivity index (χ0n) is 14.1. The van der Waals surface area contributed by atoms with Crippen LogP contribution in [0.3, 0.4) is 0 Å². The van der Waals surface area contributed by atoms with Gasteiger partial charge in [0.2, 0.25) is 0 Å². The predicted octanol–water partition coefficient (Wildman–Crippen LogP) is 4.37. The van der Waals surface area contributed by atoms with Crippen LogP contribution >= 0.6 is 15.9 Å². The van der Waals surface area contributed by atoms with E-state index < -0.39 is 0 Å². The second kappa shape index (κ2) is 7.28. The van der Waals surface area contributed by atoms with Gasteiger partial charge in [0, 0.05) is 23.1 Å². The molecular formula is C19H25BrN4. The number of hydrogen-bond acceptors (Lipinski definition) is 3. The third-order valence-corrected chi connectivity index (χ3v) is 5.63. The quantitative estimate of drug-likeness (QED) is 0.847. The van der Waals surface area contributed by atoms with Gasteiger partial charge in [0.15, 0.2) is 0 Å². The van der Waals surface area contributed by atoms with Crippen molar-refractivity contribution in [2.24, 2.45) is 0 Å². The molecule has 3 heterocycles. The average molecular weight is 389 g/mol. The van der Waals surface area contributed by atoms with E-state index in [1.807, 2.05) is 0 Å². The van der Waals surface area contributed by atoms with Gasteiger partial charge in [-0.2, -0.15) is 5.10 Å². The Morgan fingerprint density at radius 2 is 1.79 bits per heavy atom. The van der Waals surface area contributed by atoms with E-state index in [4.69, 9.17) is 5.10 Å². The van der Waals surface area contributed by atoms with E-state index in [0.717, 1.165) is 29.7 Å². The fourth-order valence-electron chi connectivity index (χ4n) is 3.80. The molecule has 0 atom stereocenters. The summed E-state index contributed by atoms with van der Waals surface area (Å²) in [5.74, 6) is 1.21. The number of likely N-dealkylation sites (tertiary alicyclic amines) is 1. The summed E-state index contributed by atoms with van der Waals surface area (Å²) in [6, 6.07) is 8.44. The molecule has 0 saturated carbocycles. The normalized spacial score (nSPS) is 18.7. The maximum absolute atomic E-state index is 5.02. The molecule has 1 aromatic carbocycles. The van der Waals surface area contributed by atoms with Crippen molar-refractivity contribution in [2.45, 2.75) is 45.1 Å². The second-order valence-electron chi connectivity index (χ2n) is 6.88. The van der Waals surface area contributed by atoms with E-state index in [1.54, 1.807) is 0 Å². The van der Waals surface area contributed by atoms with Gasteiger partial charge in [-0.1, -0.05) is 22.4 Å². The van der Waals surface area contributed by atoms with Crippen molar-refractivity contribution in [3.63, 3.8) is 0 Å². The summed E-state index contributed by atoms with van der Waals surface area (Å²) in [6.45, 7) is 4.46. The largest absolute Gasteiger partial charge is 0.370 e. The van der Waals surface area contributed by atoms with Crippen LogP contribution in [0.15, 0.2) is 28.7 Å². The van der Waals surface area contributed by atoms with Gasteiger partial charge in [0.05, 0.1) is 11.4 Å². The highest BCUT2D eigenvalue weighted by atomic mass is 79.9. The fraction of sp³-hybridized carbons (Fsp3) is 0.526. The van der Waals surface area contributed by atoms with E-state index in [1.165, 1.54) is 62.3 Å². The summed E-state index contributed by atoms with van der Waals surface area (Å²) in [6.07, 6.45) is 7.66. The van der Waals surface area contributed by atoms with Gasteiger partial charge in [-0.25, -0.2) is 4.68 Å². The number of benzene rings is 1. The molecule has 0 unspecified atom stereocenters. The van der Waals surface area contributed by atoms with E-state index in [2.05, 4.69) is 55.1 Å². The molecule has 0 spiro atoms. The van der Waals surface area contributed by atoms with Crippen LogP contribution in [0.4, 0.5) is 5.82 Å². The van der Waals surface area contributed by atoms with Gasteiger partial charge in [-0.3, -0.25) is 4.90 Å². The Kier molecular flexibility index (Phi) is 4.90. The Bertz CT molecular complexity index is 686. The number of hydrogen-bond donors (Lipinski definition) is 1. The van der Waals surface area contributed by atoms with Gasteiger partial charge in [-0.05, 0) is 69.5 Å². The molecule has 2 aliphatic heterocycles. The van der Waals surface area contributed by atoms with Crippen LogP contribution in [-0.4, -0.2) is 34.3 Å². The van der Waals surface area contributed by atoms with E-state index in [0.29, 0.717) is 0 Å². The number of aromatic nitrogens is 2. The first-order valence-corrected chi connectivity index (χ1v) is 9.93. The summed E-state index contributed by atoms with van der Waals surface area (Å²) in [4.78, 5) is 2.57. The van der Waals surface area contributed by atoms with Crippen molar-refractivity contribution >= 4 is 21.7 Å². The van der Waals surface area contributed by atoms with Crippen molar-refractivity contribution in [3.8, 4) is 5.69 Å². The number of nitrogens with zero attached hydrogens (tertiary/aromatic N) is 3. The minimum absolute atomic E-state index is 0.994. The highest BCUT2D eigenvalue weighted by Crippen LogP contribution is 2.29. The monoisotopic (exact) mass is 388 g/mol. The van der Waals surface area contributed by atoms with Crippen molar-refractivity contribution < 1.29 is 0 Å². The van der Waals surface area contributed by atoms with E-state index in [9.17, 15) is 0 Å². The molecule has 1 aromatic heterocycles. The number of fused-ring (bicyclic) bond motifs is 1. The second-order valence-corrected chi connectivity index (χ2v) is 7.80. The summed E-state index contributed by atoms with van der Waals surface area (Å²) < 4.78 is 3.22. The molecule has 24 heavy (non-hydrogen) atoms. The third kappa shape index (κ3) is 3.38. The van der Waals surface area contributed by atoms with Crippen LogP contribution in [0.25, 0.3) is 5.69 Å². The SMILES string of the molecule is Brc1ccc(-n2nc(CN3CCCCC3)c3c2NCCCC3)cc1. The molecule has 128 valence electrons. The smallest absolute Gasteiger partial charge is 0.133 e. The molecule has 5 heteroatoms. The topological polar surface area (TPSA) is 33.1 Å². The van der Waals surface area contributed by atoms with Crippen molar-refractivity contribution in [3.05, 3.63) is 40.0 Å². The van der Waals surface area contributed by atoms with Crippen molar-refractivity contribution in [1.82, 2.24) is 14.7 Å². The van der Waals surface area contributed by atoms with Gasteiger partial charge in [-0.15, -0.1) is 0 Å². The van der Waals surface area contributed by atoms with Crippen LogP contribution < -0.4 is 5.32 Å². The van der Waals surface area contributed by atoms with Gasteiger partial charge < -0.3 is 5.32 Å². The Morgan fingerprint density at radius 1 is 1.00 bits per heavy atom. The molecule has 0 amide bonds. The minimum Gasteiger partial charge on any atom is -0.370 e. The summed E-state index contributed by atoms with van der Waals surface area (Å²) in [7, 11) is 0. The van der Waals surface area contributed by atoms with Crippen LogP contribution in [0.5, 0.6) is 0 Å². The summed E-state index contributed by atoms with van der Waals surface area (Å²) in [5, 5.41) is 8.66. The van der Waals surface area contributed by atoms with Crippen molar-refractivity contribution in [1.29, 1.82) is 0 Å². The fourth-order valence-corrected chi connectivity index (χ4v) is 4.06. The molecule has 2 aromatic rings. The predicted molar refractivity (Wildman–Crippen MR) is 102 cm³/mol. The maximum atomic E-state index is 5.02. The van der Waals surface area contributed by atoms with Crippen LogP contribution in [-0.2, 0) is 13.0 Å².